The fourth-order valence-electron chi connectivity index (χ4n) is 3.12. The third kappa shape index (κ3) is 3.09. The Labute approximate surface area is 140 Å². The molecule has 0 spiro atoms. The smallest absolute Gasteiger partial charge is 0.150 e. The first-order chi connectivity index (χ1) is 11.3. The first-order valence-electron chi connectivity index (χ1n) is 8.11. The van der Waals surface area contributed by atoms with E-state index in [4.69, 9.17) is 0 Å². The summed E-state index contributed by atoms with van der Waals surface area (Å²) in [5.74, 6) is 1.16. The van der Waals surface area contributed by atoms with Crippen molar-refractivity contribution in [3.05, 3.63) is 42.2 Å². The van der Waals surface area contributed by atoms with Crippen molar-refractivity contribution in [2.75, 3.05) is 37.6 Å². The van der Waals surface area contributed by atoms with Crippen LogP contribution in [-0.4, -0.2) is 51.8 Å². The van der Waals surface area contributed by atoms with Crippen LogP contribution in [0.4, 0.5) is 5.82 Å². The quantitative estimate of drug-likeness (QED) is 0.738. The fourth-order valence-corrected chi connectivity index (χ4v) is 3.91. The molecule has 1 aromatic carbocycles. The lowest BCUT2D eigenvalue weighted by Gasteiger charge is -2.35. The van der Waals surface area contributed by atoms with Gasteiger partial charge in [-0.2, -0.15) is 9.47 Å². The van der Waals surface area contributed by atoms with Gasteiger partial charge in [0, 0.05) is 44.3 Å². The molecule has 0 saturated carbocycles. The van der Waals surface area contributed by atoms with Crippen LogP contribution in [0.15, 0.2) is 36.5 Å². The molecule has 120 valence electrons. The number of nitrogens with zero attached hydrogens (tertiary/aromatic N) is 5. The lowest BCUT2D eigenvalue weighted by atomic mass is 10.2. The summed E-state index contributed by atoms with van der Waals surface area (Å²) in [7, 11) is 0. The van der Waals surface area contributed by atoms with Crippen molar-refractivity contribution in [3.8, 4) is 0 Å². The number of rotatable bonds is 4. The summed E-state index contributed by atoms with van der Waals surface area (Å²) < 4.78 is 7.99. The maximum atomic E-state index is 4.68. The average molecular weight is 327 g/mol. The molecule has 0 N–H and O–H groups in total. The molecule has 0 bridgehead atoms. The molecule has 1 aliphatic heterocycles. The van der Waals surface area contributed by atoms with Crippen LogP contribution in [0.5, 0.6) is 0 Å². The SMILES string of the molecule is Cc1ccn(CCN2CCN(c3nsc4ccccc34)CC2)n1. The van der Waals surface area contributed by atoms with Crippen LogP contribution >= 0.6 is 11.5 Å². The first-order valence-corrected chi connectivity index (χ1v) is 8.89. The van der Waals surface area contributed by atoms with Gasteiger partial charge in [0.15, 0.2) is 0 Å². The van der Waals surface area contributed by atoms with E-state index in [2.05, 4.69) is 55.8 Å². The van der Waals surface area contributed by atoms with E-state index in [1.54, 1.807) is 11.5 Å². The Balaban J connectivity index is 1.35. The molecule has 0 atom stereocenters. The van der Waals surface area contributed by atoms with E-state index in [0.717, 1.165) is 50.8 Å². The molecule has 0 amide bonds. The van der Waals surface area contributed by atoms with Crippen LogP contribution in [0, 0.1) is 6.92 Å². The minimum absolute atomic E-state index is 0.966. The number of hydrogen-bond acceptors (Lipinski definition) is 5. The topological polar surface area (TPSA) is 37.2 Å². The van der Waals surface area contributed by atoms with E-state index < -0.39 is 0 Å². The van der Waals surface area contributed by atoms with Crippen molar-refractivity contribution in [2.24, 2.45) is 0 Å². The number of benzene rings is 1. The van der Waals surface area contributed by atoms with Crippen LogP contribution in [0.2, 0.25) is 0 Å². The van der Waals surface area contributed by atoms with Gasteiger partial charge in [-0.15, -0.1) is 0 Å². The Kier molecular flexibility index (Phi) is 4.01. The fraction of sp³-hybridized carbons (Fsp3) is 0.412. The molecule has 5 nitrogen and oxygen atoms in total. The molecule has 23 heavy (non-hydrogen) atoms. The van der Waals surface area contributed by atoms with Gasteiger partial charge in [-0.1, -0.05) is 12.1 Å². The molecule has 2 aromatic heterocycles. The molecule has 0 radical (unpaired) electrons. The van der Waals surface area contributed by atoms with Gasteiger partial charge in [-0.3, -0.25) is 9.58 Å². The molecule has 4 rings (SSSR count). The highest BCUT2D eigenvalue weighted by Crippen LogP contribution is 2.29. The van der Waals surface area contributed by atoms with Crippen LogP contribution in [0.3, 0.4) is 0 Å². The number of hydrogen-bond donors (Lipinski definition) is 0. The van der Waals surface area contributed by atoms with Gasteiger partial charge in [0.1, 0.15) is 5.82 Å². The Morgan fingerprint density at radius 3 is 2.65 bits per heavy atom. The lowest BCUT2D eigenvalue weighted by Crippen LogP contribution is -2.47. The number of aryl methyl sites for hydroxylation is 1. The largest absolute Gasteiger partial charge is 0.353 e. The molecule has 1 saturated heterocycles. The number of fused-ring (bicyclic) bond motifs is 1. The van der Waals surface area contributed by atoms with E-state index in [1.807, 2.05) is 11.6 Å². The van der Waals surface area contributed by atoms with E-state index in [1.165, 1.54) is 10.1 Å². The minimum Gasteiger partial charge on any atom is -0.353 e. The van der Waals surface area contributed by atoms with E-state index in [9.17, 15) is 0 Å². The highest BCUT2D eigenvalue weighted by molar-refractivity contribution is 7.13. The van der Waals surface area contributed by atoms with Crippen molar-refractivity contribution in [1.82, 2.24) is 19.1 Å². The van der Waals surface area contributed by atoms with Crippen molar-refractivity contribution in [3.63, 3.8) is 0 Å². The Bertz CT molecular complexity index is 785. The second-order valence-electron chi connectivity index (χ2n) is 6.05. The summed E-state index contributed by atoms with van der Waals surface area (Å²) in [5.41, 5.74) is 1.09. The van der Waals surface area contributed by atoms with Gasteiger partial charge in [0.25, 0.3) is 0 Å². The second-order valence-corrected chi connectivity index (χ2v) is 6.86. The first kappa shape index (κ1) is 14.7. The van der Waals surface area contributed by atoms with Crippen LogP contribution in [0.1, 0.15) is 5.69 Å². The summed E-state index contributed by atoms with van der Waals surface area (Å²) in [6.07, 6.45) is 2.06. The zero-order valence-electron chi connectivity index (χ0n) is 13.4. The third-order valence-electron chi connectivity index (χ3n) is 4.45. The second kappa shape index (κ2) is 6.29. The van der Waals surface area contributed by atoms with E-state index in [0.29, 0.717) is 0 Å². The molecule has 0 unspecified atom stereocenters. The van der Waals surface area contributed by atoms with Crippen LogP contribution in [0.25, 0.3) is 10.1 Å². The molecule has 3 aromatic rings. The summed E-state index contributed by atoms with van der Waals surface area (Å²) in [4.78, 5) is 4.94. The van der Waals surface area contributed by atoms with Crippen molar-refractivity contribution in [1.29, 1.82) is 0 Å². The zero-order chi connectivity index (χ0) is 15.6. The summed E-state index contributed by atoms with van der Waals surface area (Å²) in [6.45, 7) is 8.34. The number of aromatic nitrogens is 3. The highest BCUT2D eigenvalue weighted by Gasteiger charge is 2.20. The predicted octanol–water partition coefficient (Wildman–Crippen LogP) is 2.62. The van der Waals surface area contributed by atoms with Gasteiger partial charge in [-0.05, 0) is 36.7 Å². The Morgan fingerprint density at radius 2 is 1.87 bits per heavy atom. The average Bonchev–Trinajstić information content (AvgIpc) is 3.20. The summed E-state index contributed by atoms with van der Waals surface area (Å²) in [6, 6.07) is 10.6. The normalized spacial score (nSPS) is 16.3. The van der Waals surface area contributed by atoms with Gasteiger partial charge >= 0.3 is 0 Å². The lowest BCUT2D eigenvalue weighted by molar-refractivity contribution is 0.244. The predicted molar refractivity (Wildman–Crippen MR) is 95.2 cm³/mol. The molecule has 1 fully saturated rings. The maximum Gasteiger partial charge on any atom is 0.150 e. The molecule has 3 heterocycles. The van der Waals surface area contributed by atoms with Gasteiger partial charge in [0.05, 0.1) is 16.9 Å². The highest BCUT2D eigenvalue weighted by atomic mass is 32.1. The Hall–Kier alpha value is -1.92. The molecular formula is C17H21N5S. The molecular weight excluding hydrogens is 306 g/mol. The van der Waals surface area contributed by atoms with Gasteiger partial charge < -0.3 is 4.90 Å². The number of anilines is 1. The van der Waals surface area contributed by atoms with Crippen molar-refractivity contribution in [2.45, 2.75) is 13.5 Å². The maximum absolute atomic E-state index is 4.68. The van der Waals surface area contributed by atoms with E-state index >= 15 is 0 Å². The van der Waals surface area contributed by atoms with Gasteiger partial charge in [0.2, 0.25) is 0 Å². The number of piperazine rings is 1. The zero-order valence-corrected chi connectivity index (χ0v) is 14.2. The van der Waals surface area contributed by atoms with E-state index in [-0.39, 0.29) is 0 Å². The third-order valence-corrected chi connectivity index (χ3v) is 5.27. The monoisotopic (exact) mass is 327 g/mol. The molecule has 6 heteroatoms. The van der Waals surface area contributed by atoms with Crippen molar-refractivity contribution < 1.29 is 0 Å². The molecule has 1 aliphatic rings. The van der Waals surface area contributed by atoms with Crippen molar-refractivity contribution >= 4 is 27.4 Å². The van der Waals surface area contributed by atoms with Crippen LogP contribution in [-0.2, 0) is 6.54 Å². The minimum atomic E-state index is 0.966. The van der Waals surface area contributed by atoms with Crippen LogP contribution < -0.4 is 4.90 Å². The molecule has 0 aliphatic carbocycles. The summed E-state index contributed by atoms with van der Waals surface area (Å²) in [5, 5.41) is 5.75. The van der Waals surface area contributed by atoms with Gasteiger partial charge in [-0.25, -0.2) is 0 Å². The standard InChI is InChI=1S/C17H21N5S/c1-14-6-7-22(18-14)13-10-20-8-11-21(12-9-20)17-15-4-2-3-5-16(15)23-19-17/h2-7H,8-13H2,1H3. The Morgan fingerprint density at radius 1 is 1.04 bits per heavy atom. The summed E-state index contributed by atoms with van der Waals surface area (Å²) >= 11 is 1.60.